The summed E-state index contributed by atoms with van der Waals surface area (Å²) >= 11 is 0. The van der Waals surface area contributed by atoms with Crippen LogP contribution in [0.1, 0.15) is 27.7 Å². The maximum atomic E-state index is 9.82. The fraction of sp³-hybridized carbons (Fsp3) is 0.875. The van der Waals surface area contributed by atoms with E-state index in [1.54, 1.807) is 6.92 Å². The average molecular weight is 198 g/mol. The van der Waals surface area contributed by atoms with E-state index in [1.807, 2.05) is 0 Å². The van der Waals surface area contributed by atoms with Crippen molar-refractivity contribution in [3.05, 3.63) is 0 Å². The molecule has 76 valence electrons. The predicted octanol–water partition coefficient (Wildman–Crippen LogP) is 1.61. The molecule has 0 rings (SSSR count). The van der Waals surface area contributed by atoms with E-state index < -0.39 is 0 Å². The zero-order valence-corrected chi connectivity index (χ0v) is 9.16. The van der Waals surface area contributed by atoms with Gasteiger partial charge in [-0.3, -0.25) is 4.79 Å². The van der Waals surface area contributed by atoms with Crippen LogP contribution < -0.4 is 5.32 Å². The Morgan fingerprint density at radius 3 is 1.67 bits per heavy atom. The molecule has 0 spiro atoms. The van der Waals surface area contributed by atoms with E-state index in [9.17, 15) is 4.79 Å². The molecular weight excluding hydrogens is 178 g/mol. The number of carbonyl (C=O) groups is 1. The number of esters is 1. The van der Waals surface area contributed by atoms with Crippen molar-refractivity contribution in [2.45, 2.75) is 27.7 Å². The Hall–Kier alpha value is -0.280. The molecule has 0 aromatic heterocycles. The second kappa shape index (κ2) is 17.0. The lowest BCUT2D eigenvalue weighted by atomic mass is 10.7. The topological polar surface area (TPSA) is 38.3 Å². The van der Waals surface area contributed by atoms with E-state index in [2.05, 4.69) is 23.9 Å². The molecule has 0 fully saturated rings. The van der Waals surface area contributed by atoms with Crippen LogP contribution in [0.4, 0.5) is 0 Å². The molecule has 0 amide bonds. The van der Waals surface area contributed by atoms with Crippen molar-refractivity contribution < 1.29 is 9.53 Å². The smallest absolute Gasteiger partial charge is 0.302 e. The van der Waals surface area contributed by atoms with Gasteiger partial charge >= 0.3 is 5.97 Å². The highest BCUT2D eigenvalue weighted by Crippen LogP contribution is 1.69. The minimum atomic E-state index is -0.211. The lowest BCUT2D eigenvalue weighted by Gasteiger charge is -1.89. The zero-order chi connectivity index (χ0) is 9.11. The van der Waals surface area contributed by atoms with E-state index in [1.165, 1.54) is 6.92 Å². The Labute approximate surface area is 81.3 Å². The van der Waals surface area contributed by atoms with Gasteiger partial charge in [-0.2, -0.15) is 0 Å². The molecule has 1 N–H and O–H groups in total. The van der Waals surface area contributed by atoms with Gasteiger partial charge in [0.1, 0.15) is 0 Å². The van der Waals surface area contributed by atoms with Crippen molar-refractivity contribution in [2.75, 3.05) is 19.7 Å². The molecule has 0 bridgehead atoms. The fourth-order valence-corrected chi connectivity index (χ4v) is 0.453. The van der Waals surface area contributed by atoms with Crippen LogP contribution in [-0.2, 0) is 9.53 Å². The van der Waals surface area contributed by atoms with E-state index in [0.717, 1.165) is 13.1 Å². The molecule has 0 aromatic carbocycles. The fourth-order valence-electron chi connectivity index (χ4n) is 0.453. The van der Waals surface area contributed by atoms with Crippen molar-refractivity contribution in [3.8, 4) is 0 Å². The first-order chi connectivity index (χ1) is 5.18. The highest BCUT2D eigenvalue weighted by Gasteiger charge is 1.81. The summed E-state index contributed by atoms with van der Waals surface area (Å²) in [7, 11) is 0. The van der Waals surface area contributed by atoms with Crippen LogP contribution in [0.25, 0.3) is 0 Å². The summed E-state index contributed by atoms with van der Waals surface area (Å²) in [6.45, 7) is 10.0. The van der Waals surface area contributed by atoms with Gasteiger partial charge in [0.05, 0.1) is 6.61 Å². The monoisotopic (exact) mass is 197 g/mol. The van der Waals surface area contributed by atoms with Gasteiger partial charge in [0, 0.05) is 6.92 Å². The number of carbonyl (C=O) groups excluding carboxylic acids is 1. The van der Waals surface area contributed by atoms with Gasteiger partial charge in [-0.1, -0.05) is 13.8 Å². The third-order valence-corrected chi connectivity index (χ3v) is 0.848. The summed E-state index contributed by atoms with van der Waals surface area (Å²) in [4.78, 5) is 9.82. The normalized spacial score (nSPS) is 7.33. The summed E-state index contributed by atoms with van der Waals surface area (Å²) in [5, 5.41) is 3.11. The minimum absolute atomic E-state index is 0. The molecule has 0 atom stereocenters. The molecular formula is C8H20ClNO2. The quantitative estimate of drug-likeness (QED) is 0.699. The van der Waals surface area contributed by atoms with E-state index in [0.29, 0.717) is 6.61 Å². The van der Waals surface area contributed by atoms with Gasteiger partial charge in [-0.25, -0.2) is 0 Å². The largest absolute Gasteiger partial charge is 0.466 e. The van der Waals surface area contributed by atoms with Crippen molar-refractivity contribution in [1.82, 2.24) is 5.32 Å². The van der Waals surface area contributed by atoms with Crippen LogP contribution >= 0.6 is 12.4 Å². The van der Waals surface area contributed by atoms with Gasteiger partial charge in [-0.05, 0) is 20.0 Å². The van der Waals surface area contributed by atoms with Crippen LogP contribution in [0.5, 0.6) is 0 Å². The lowest BCUT2D eigenvalue weighted by Crippen LogP contribution is -2.09. The Morgan fingerprint density at radius 1 is 1.25 bits per heavy atom. The molecule has 0 aliphatic rings. The predicted molar refractivity (Wildman–Crippen MR) is 53.8 cm³/mol. The van der Waals surface area contributed by atoms with Crippen LogP contribution in [0, 0.1) is 0 Å². The maximum absolute atomic E-state index is 9.82. The van der Waals surface area contributed by atoms with Crippen molar-refractivity contribution in [2.24, 2.45) is 0 Å². The number of rotatable bonds is 3. The van der Waals surface area contributed by atoms with Crippen LogP contribution in [0.15, 0.2) is 0 Å². The third-order valence-electron chi connectivity index (χ3n) is 0.848. The molecule has 0 saturated heterocycles. The Bertz CT molecular complexity index is 87.1. The van der Waals surface area contributed by atoms with Gasteiger partial charge < -0.3 is 10.1 Å². The molecule has 0 saturated carbocycles. The molecule has 4 heteroatoms. The lowest BCUT2D eigenvalue weighted by molar-refractivity contribution is -0.140. The summed E-state index contributed by atoms with van der Waals surface area (Å²) < 4.78 is 4.40. The highest BCUT2D eigenvalue weighted by molar-refractivity contribution is 5.85. The summed E-state index contributed by atoms with van der Waals surface area (Å²) in [5.41, 5.74) is 0. The molecule has 0 radical (unpaired) electrons. The number of ether oxygens (including phenoxy) is 1. The second-order valence-electron chi connectivity index (χ2n) is 1.88. The summed E-state index contributed by atoms with van der Waals surface area (Å²) in [5.74, 6) is -0.211. The highest BCUT2D eigenvalue weighted by atomic mass is 35.5. The molecule has 0 aliphatic carbocycles. The first kappa shape index (κ1) is 17.7. The SMILES string of the molecule is CCNCC.CCOC(C)=O.Cl. The van der Waals surface area contributed by atoms with Crippen molar-refractivity contribution in [1.29, 1.82) is 0 Å². The van der Waals surface area contributed by atoms with Gasteiger partial charge in [0.15, 0.2) is 0 Å². The molecule has 12 heavy (non-hydrogen) atoms. The van der Waals surface area contributed by atoms with E-state index in [4.69, 9.17) is 0 Å². The Balaban J connectivity index is -0.000000126. The number of hydrogen-bond donors (Lipinski definition) is 1. The Kier molecular flexibility index (Phi) is 25.1. The minimum Gasteiger partial charge on any atom is -0.466 e. The number of nitrogens with one attached hydrogen (secondary N) is 1. The third kappa shape index (κ3) is 33.2. The first-order valence-corrected chi connectivity index (χ1v) is 4.03. The molecule has 3 nitrogen and oxygen atoms in total. The van der Waals surface area contributed by atoms with Crippen molar-refractivity contribution >= 4 is 18.4 Å². The second-order valence-corrected chi connectivity index (χ2v) is 1.88. The zero-order valence-electron chi connectivity index (χ0n) is 8.35. The van der Waals surface area contributed by atoms with E-state index in [-0.39, 0.29) is 18.4 Å². The molecule has 0 heterocycles. The van der Waals surface area contributed by atoms with Crippen LogP contribution in [-0.4, -0.2) is 25.7 Å². The maximum Gasteiger partial charge on any atom is 0.302 e. The van der Waals surface area contributed by atoms with Crippen LogP contribution in [0.2, 0.25) is 0 Å². The number of halogens is 1. The first-order valence-electron chi connectivity index (χ1n) is 4.03. The molecule has 0 aliphatic heterocycles. The van der Waals surface area contributed by atoms with Gasteiger partial charge in [-0.15, -0.1) is 12.4 Å². The van der Waals surface area contributed by atoms with Gasteiger partial charge in [0.25, 0.3) is 0 Å². The van der Waals surface area contributed by atoms with Gasteiger partial charge in [0.2, 0.25) is 0 Å². The molecule has 0 unspecified atom stereocenters. The Morgan fingerprint density at radius 2 is 1.67 bits per heavy atom. The molecule has 0 aromatic rings. The standard InChI is InChI=1S/C4H11N.C4H8O2.ClH/c1-3-5-4-2;1-3-6-4(2)5;/h5H,3-4H2,1-2H3;3H2,1-2H3;1H. The van der Waals surface area contributed by atoms with Crippen LogP contribution in [0.3, 0.4) is 0 Å². The van der Waals surface area contributed by atoms with E-state index >= 15 is 0 Å². The van der Waals surface area contributed by atoms with Crippen molar-refractivity contribution in [3.63, 3.8) is 0 Å². The number of hydrogen-bond acceptors (Lipinski definition) is 3. The summed E-state index contributed by atoms with van der Waals surface area (Å²) in [6.07, 6.45) is 0. The average Bonchev–Trinajstić information content (AvgIpc) is 1.90. The summed E-state index contributed by atoms with van der Waals surface area (Å²) in [6, 6.07) is 0.